The lowest BCUT2D eigenvalue weighted by Gasteiger charge is -2.11. The average molecular weight is 359 g/mol. The van der Waals surface area contributed by atoms with E-state index in [-0.39, 0.29) is 0 Å². The number of thiol groups is 2. The highest BCUT2D eigenvalue weighted by atomic mass is 32.2. The molecule has 3 aromatic carbocycles. The van der Waals surface area contributed by atoms with Crippen LogP contribution in [0.3, 0.4) is 0 Å². The number of hydrogen-bond acceptors (Lipinski definition) is 4. The lowest BCUT2D eigenvalue weighted by atomic mass is 10.4. The highest BCUT2D eigenvalue weighted by molar-refractivity contribution is 8.02. The van der Waals surface area contributed by atoms with Crippen LogP contribution in [0.4, 0.5) is 0 Å². The van der Waals surface area contributed by atoms with Gasteiger partial charge in [-0.25, -0.2) is 0 Å². The van der Waals surface area contributed by atoms with Gasteiger partial charge in [-0.15, -0.1) is 25.3 Å². The summed E-state index contributed by atoms with van der Waals surface area (Å²) >= 11 is 12.6. The van der Waals surface area contributed by atoms with Gasteiger partial charge in [0.2, 0.25) is 0 Å². The van der Waals surface area contributed by atoms with Crippen molar-refractivity contribution in [1.82, 2.24) is 0 Å². The molecule has 0 bridgehead atoms. The third-order valence-corrected chi connectivity index (χ3v) is 6.53. The molecule has 0 radical (unpaired) electrons. The normalized spacial score (nSPS) is 10.6. The first-order valence-electron chi connectivity index (χ1n) is 6.75. The third kappa shape index (κ3) is 3.87. The van der Waals surface area contributed by atoms with Gasteiger partial charge in [0.1, 0.15) is 0 Å². The largest absolute Gasteiger partial charge is 0.142 e. The van der Waals surface area contributed by atoms with Gasteiger partial charge < -0.3 is 0 Å². The van der Waals surface area contributed by atoms with Crippen LogP contribution in [0.25, 0.3) is 0 Å². The van der Waals surface area contributed by atoms with Crippen molar-refractivity contribution in [2.75, 3.05) is 0 Å². The van der Waals surface area contributed by atoms with Crippen molar-refractivity contribution in [2.24, 2.45) is 0 Å². The van der Waals surface area contributed by atoms with Crippen LogP contribution in [-0.2, 0) is 0 Å². The molecule has 4 heteroatoms. The summed E-state index contributed by atoms with van der Waals surface area (Å²) < 4.78 is 0. The molecular weight excluding hydrogens is 344 g/mol. The van der Waals surface area contributed by atoms with E-state index in [0.29, 0.717) is 0 Å². The van der Waals surface area contributed by atoms with Crippen molar-refractivity contribution >= 4 is 48.8 Å². The Labute approximate surface area is 150 Å². The van der Waals surface area contributed by atoms with Crippen LogP contribution in [-0.4, -0.2) is 0 Å². The fourth-order valence-electron chi connectivity index (χ4n) is 1.94. The summed E-state index contributed by atoms with van der Waals surface area (Å²) in [5.74, 6) is 0. The predicted molar refractivity (Wildman–Crippen MR) is 102 cm³/mol. The third-order valence-electron chi connectivity index (χ3n) is 3.02. The zero-order valence-electron chi connectivity index (χ0n) is 11.6. The van der Waals surface area contributed by atoms with Crippen molar-refractivity contribution in [1.29, 1.82) is 0 Å². The molecule has 0 saturated heterocycles. The Morgan fingerprint density at radius 2 is 0.773 bits per heavy atom. The molecule has 0 spiro atoms. The number of rotatable bonds is 4. The molecule has 0 unspecified atom stereocenters. The van der Waals surface area contributed by atoms with Crippen molar-refractivity contribution in [3.05, 3.63) is 72.8 Å². The number of hydrogen-bond donors (Lipinski definition) is 2. The van der Waals surface area contributed by atoms with Gasteiger partial charge in [-0.1, -0.05) is 59.9 Å². The molecular formula is C18H14S4. The molecule has 3 rings (SSSR count). The summed E-state index contributed by atoms with van der Waals surface area (Å²) in [5.41, 5.74) is 0. The fourth-order valence-corrected chi connectivity index (χ4v) is 4.53. The lowest BCUT2D eigenvalue weighted by Crippen LogP contribution is -1.82. The molecule has 0 aliphatic carbocycles. The lowest BCUT2D eigenvalue weighted by molar-refractivity contribution is 1.19. The zero-order valence-corrected chi connectivity index (χ0v) is 15.1. The summed E-state index contributed by atoms with van der Waals surface area (Å²) in [6, 6.07) is 24.8. The SMILES string of the molecule is Sc1ccccc1Sc1ccccc1Sc1ccccc1S. The van der Waals surface area contributed by atoms with E-state index in [4.69, 9.17) is 0 Å². The van der Waals surface area contributed by atoms with E-state index in [1.54, 1.807) is 23.5 Å². The molecule has 3 aromatic rings. The maximum absolute atomic E-state index is 4.54. The van der Waals surface area contributed by atoms with Crippen LogP contribution >= 0.6 is 48.8 Å². The maximum Gasteiger partial charge on any atom is 0.0262 e. The first-order chi connectivity index (χ1) is 10.7. The van der Waals surface area contributed by atoms with E-state index < -0.39 is 0 Å². The number of benzene rings is 3. The van der Waals surface area contributed by atoms with E-state index in [2.05, 4.69) is 61.7 Å². The van der Waals surface area contributed by atoms with Crippen LogP contribution < -0.4 is 0 Å². The van der Waals surface area contributed by atoms with Crippen molar-refractivity contribution in [3.8, 4) is 0 Å². The Morgan fingerprint density at radius 1 is 0.455 bits per heavy atom. The molecule has 0 aliphatic heterocycles. The van der Waals surface area contributed by atoms with Gasteiger partial charge in [-0.2, -0.15) is 0 Å². The van der Waals surface area contributed by atoms with Crippen LogP contribution in [0.15, 0.2) is 102 Å². The minimum absolute atomic E-state index is 1.00. The van der Waals surface area contributed by atoms with Crippen molar-refractivity contribution in [2.45, 2.75) is 29.4 Å². The average Bonchev–Trinajstić information content (AvgIpc) is 2.53. The summed E-state index contributed by atoms with van der Waals surface area (Å²) in [7, 11) is 0. The fraction of sp³-hybridized carbons (Fsp3) is 0. The highest BCUT2D eigenvalue weighted by Gasteiger charge is 2.08. The minimum atomic E-state index is 1.00. The van der Waals surface area contributed by atoms with Crippen LogP contribution in [0.5, 0.6) is 0 Å². The molecule has 0 aliphatic rings. The molecule has 0 N–H and O–H groups in total. The monoisotopic (exact) mass is 358 g/mol. The predicted octanol–water partition coefficient (Wildman–Crippen LogP) is 6.57. The molecule has 110 valence electrons. The zero-order chi connectivity index (χ0) is 15.4. The summed E-state index contributed by atoms with van der Waals surface area (Å²) in [4.78, 5) is 6.79. The molecule has 0 nitrogen and oxygen atoms in total. The topological polar surface area (TPSA) is 0 Å². The van der Waals surface area contributed by atoms with Gasteiger partial charge >= 0.3 is 0 Å². The van der Waals surface area contributed by atoms with Gasteiger partial charge in [-0.05, 0) is 36.4 Å². The van der Waals surface area contributed by atoms with Gasteiger partial charge in [0, 0.05) is 29.4 Å². The standard InChI is InChI=1S/C18H14S4/c19-13-7-1-3-9-15(13)21-17-11-5-6-12-18(17)22-16-10-4-2-8-14(16)20/h1-12,19-20H. The van der Waals surface area contributed by atoms with Crippen LogP contribution in [0.1, 0.15) is 0 Å². The van der Waals surface area contributed by atoms with E-state index >= 15 is 0 Å². The second kappa shape index (κ2) is 7.55. The van der Waals surface area contributed by atoms with E-state index in [1.807, 2.05) is 36.4 Å². The van der Waals surface area contributed by atoms with Crippen LogP contribution in [0.2, 0.25) is 0 Å². The quantitative estimate of drug-likeness (QED) is 0.506. The van der Waals surface area contributed by atoms with E-state index in [0.717, 1.165) is 19.6 Å². The highest BCUT2D eigenvalue weighted by Crippen LogP contribution is 2.41. The Balaban J connectivity index is 1.91. The second-order valence-electron chi connectivity index (χ2n) is 4.59. The summed E-state index contributed by atoms with van der Waals surface area (Å²) in [6.45, 7) is 0. The van der Waals surface area contributed by atoms with Gasteiger partial charge in [0.05, 0.1) is 0 Å². The van der Waals surface area contributed by atoms with E-state index in [9.17, 15) is 0 Å². The molecule has 0 heterocycles. The Bertz CT molecular complexity index is 717. The first kappa shape index (κ1) is 15.9. The first-order valence-corrected chi connectivity index (χ1v) is 9.27. The van der Waals surface area contributed by atoms with Gasteiger partial charge in [0.15, 0.2) is 0 Å². The maximum atomic E-state index is 4.54. The minimum Gasteiger partial charge on any atom is -0.142 e. The van der Waals surface area contributed by atoms with Gasteiger partial charge in [0.25, 0.3) is 0 Å². The molecule has 0 amide bonds. The molecule has 22 heavy (non-hydrogen) atoms. The Kier molecular flexibility index (Phi) is 5.47. The summed E-state index contributed by atoms with van der Waals surface area (Å²) in [5, 5.41) is 0. The molecule has 0 atom stereocenters. The van der Waals surface area contributed by atoms with Crippen molar-refractivity contribution < 1.29 is 0 Å². The smallest absolute Gasteiger partial charge is 0.0262 e. The van der Waals surface area contributed by atoms with Crippen molar-refractivity contribution in [3.63, 3.8) is 0 Å². The van der Waals surface area contributed by atoms with Crippen LogP contribution in [0, 0.1) is 0 Å². The van der Waals surface area contributed by atoms with Gasteiger partial charge in [-0.3, -0.25) is 0 Å². The molecule has 0 saturated carbocycles. The Hall–Kier alpha value is -0.940. The molecule has 0 aromatic heterocycles. The summed E-state index contributed by atoms with van der Waals surface area (Å²) in [6.07, 6.45) is 0. The second-order valence-corrected chi connectivity index (χ2v) is 7.72. The van der Waals surface area contributed by atoms with E-state index in [1.165, 1.54) is 9.79 Å². The molecule has 0 fully saturated rings. The Morgan fingerprint density at radius 3 is 1.14 bits per heavy atom.